The Morgan fingerprint density at radius 1 is 1.21 bits per heavy atom. The summed E-state index contributed by atoms with van der Waals surface area (Å²) in [6, 6.07) is 1.73. The van der Waals surface area contributed by atoms with Crippen LogP contribution in [0, 0.1) is 40.5 Å². The maximum Gasteiger partial charge on any atom is 0.309 e. The Balaban J connectivity index is 2.72. The van der Waals surface area contributed by atoms with Gasteiger partial charge in [0, 0.05) is 12.0 Å². The number of carbonyl (C=O) groups is 1. The van der Waals surface area contributed by atoms with E-state index >= 15 is 0 Å². The molecular formula is C18H18F4N4O2. The van der Waals surface area contributed by atoms with Crippen LogP contribution in [0.4, 0.5) is 23.4 Å². The van der Waals surface area contributed by atoms with Crippen molar-refractivity contribution >= 4 is 11.8 Å². The highest BCUT2D eigenvalue weighted by Crippen LogP contribution is 2.31. The van der Waals surface area contributed by atoms with Crippen LogP contribution in [0.2, 0.25) is 0 Å². The third kappa shape index (κ3) is 3.52. The predicted molar refractivity (Wildman–Crippen MR) is 91.4 cm³/mol. The number of benzene rings is 1. The monoisotopic (exact) mass is 398 g/mol. The van der Waals surface area contributed by atoms with Gasteiger partial charge in [-0.15, -0.1) is 5.10 Å². The van der Waals surface area contributed by atoms with Gasteiger partial charge in [0.15, 0.2) is 29.1 Å². The van der Waals surface area contributed by atoms with E-state index in [2.05, 4.69) is 5.10 Å². The summed E-state index contributed by atoms with van der Waals surface area (Å²) in [7, 11) is 0. The second kappa shape index (κ2) is 8.29. The lowest BCUT2D eigenvalue weighted by molar-refractivity contribution is -0.147. The first kappa shape index (κ1) is 21.2. The van der Waals surface area contributed by atoms with Crippen molar-refractivity contribution in [2.24, 2.45) is 5.92 Å². The van der Waals surface area contributed by atoms with E-state index in [1.54, 1.807) is 13.0 Å². The summed E-state index contributed by atoms with van der Waals surface area (Å²) in [5, 5.41) is 13.0. The van der Waals surface area contributed by atoms with Crippen LogP contribution in [0.15, 0.2) is 0 Å². The summed E-state index contributed by atoms with van der Waals surface area (Å²) < 4.78 is 62.9. The molecule has 1 aromatic carbocycles. The van der Waals surface area contributed by atoms with E-state index in [0.717, 1.165) is 0 Å². The first-order chi connectivity index (χ1) is 13.2. The molecule has 2 aromatic rings. The molecule has 150 valence electrons. The lowest BCUT2D eigenvalue weighted by atomic mass is 10.0. The van der Waals surface area contributed by atoms with Gasteiger partial charge in [-0.3, -0.25) is 4.79 Å². The molecule has 0 fully saturated rings. The van der Waals surface area contributed by atoms with Crippen molar-refractivity contribution < 1.29 is 27.1 Å². The van der Waals surface area contributed by atoms with E-state index < -0.39 is 52.2 Å². The zero-order chi connectivity index (χ0) is 21.2. The molecule has 28 heavy (non-hydrogen) atoms. The number of carbonyl (C=O) groups excluding carboxylic acids is 1. The number of halogens is 4. The number of hydrogen-bond donors (Lipinski definition) is 1. The molecule has 0 aliphatic heterocycles. The number of nitriles is 1. The van der Waals surface area contributed by atoms with Crippen molar-refractivity contribution in [2.45, 2.75) is 33.6 Å². The van der Waals surface area contributed by atoms with Gasteiger partial charge in [0.25, 0.3) is 0 Å². The van der Waals surface area contributed by atoms with Crippen molar-refractivity contribution in [2.75, 3.05) is 12.3 Å². The van der Waals surface area contributed by atoms with Gasteiger partial charge in [-0.1, -0.05) is 13.8 Å². The number of nitrogen functional groups attached to an aromatic ring is 1. The number of anilines is 1. The largest absolute Gasteiger partial charge is 0.466 e. The number of esters is 1. The van der Waals surface area contributed by atoms with Crippen LogP contribution in [-0.2, 0) is 22.4 Å². The molecule has 0 radical (unpaired) electrons. The van der Waals surface area contributed by atoms with E-state index in [4.69, 9.17) is 10.5 Å². The molecule has 0 saturated heterocycles. The highest BCUT2D eigenvalue weighted by molar-refractivity contribution is 5.72. The fourth-order valence-electron chi connectivity index (χ4n) is 2.79. The zero-order valence-corrected chi connectivity index (χ0v) is 15.4. The quantitative estimate of drug-likeness (QED) is 0.458. The molecular weight excluding hydrogens is 380 g/mol. The molecule has 0 spiro atoms. The molecule has 1 atom stereocenters. The average molecular weight is 398 g/mol. The van der Waals surface area contributed by atoms with Gasteiger partial charge in [-0.2, -0.15) is 5.26 Å². The number of nitrogens with two attached hydrogens (primary N) is 1. The number of aromatic nitrogens is 2. The Hall–Kier alpha value is -3.09. The molecule has 1 unspecified atom stereocenters. The summed E-state index contributed by atoms with van der Waals surface area (Å²) >= 11 is 0. The highest BCUT2D eigenvalue weighted by atomic mass is 19.2. The molecule has 0 amide bonds. The average Bonchev–Trinajstić information content (AvgIpc) is 2.96. The second-order valence-electron chi connectivity index (χ2n) is 6.02. The van der Waals surface area contributed by atoms with Crippen molar-refractivity contribution in [3.8, 4) is 11.8 Å². The molecule has 10 heteroatoms. The lowest BCUT2D eigenvalue weighted by Crippen LogP contribution is -2.20. The molecule has 0 saturated carbocycles. The first-order valence-corrected chi connectivity index (χ1v) is 8.48. The summed E-state index contributed by atoms with van der Waals surface area (Å²) in [6.45, 7) is 4.50. The summed E-state index contributed by atoms with van der Waals surface area (Å²) in [6.07, 6.45) is -0.521. The molecule has 0 bridgehead atoms. The molecule has 1 heterocycles. The van der Waals surface area contributed by atoms with Gasteiger partial charge >= 0.3 is 5.97 Å². The van der Waals surface area contributed by atoms with Crippen LogP contribution in [0.25, 0.3) is 5.69 Å². The summed E-state index contributed by atoms with van der Waals surface area (Å²) in [5.41, 5.74) is 3.31. The minimum absolute atomic E-state index is 0.105. The molecule has 2 rings (SSSR count). The van der Waals surface area contributed by atoms with Crippen LogP contribution in [0.5, 0.6) is 0 Å². The third-order valence-corrected chi connectivity index (χ3v) is 4.20. The topological polar surface area (TPSA) is 93.9 Å². The number of hydrogen-bond acceptors (Lipinski definition) is 5. The van der Waals surface area contributed by atoms with Crippen LogP contribution in [-0.4, -0.2) is 22.4 Å². The van der Waals surface area contributed by atoms with Crippen molar-refractivity contribution in [1.29, 1.82) is 5.26 Å². The fraction of sp³-hybridized carbons (Fsp3) is 0.389. The minimum atomic E-state index is -1.67. The third-order valence-electron chi connectivity index (χ3n) is 4.20. The number of ether oxygens (including phenoxy) is 1. The SMILES string of the molecule is CCOC(=O)C(C)Cc1c(C#N)c(N)nn1-c1c(F)c(F)c(CC)c(F)c1F. The first-order valence-electron chi connectivity index (χ1n) is 8.48. The Morgan fingerprint density at radius 3 is 2.25 bits per heavy atom. The number of rotatable bonds is 6. The Kier molecular flexibility index (Phi) is 6.28. The van der Waals surface area contributed by atoms with E-state index in [1.165, 1.54) is 13.8 Å². The predicted octanol–water partition coefficient (Wildman–Crippen LogP) is 3.19. The lowest BCUT2D eigenvalue weighted by Gasteiger charge is -2.15. The smallest absolute Gasteiger partial charge is 0.309 e. The van der Waals surface area contributed by atoms with E-state index in [1.807, 2.05) is 0 Å². The summed E-state index contributed by atoms with van der Waals surface area (Å²) in [4.78, 5) is 11.9. The van der Waals surface area contributed by atoms with Crippen molar-refractivity contribution in [1.82, 2.24) is 9.78 Å². The van der Waals surface area contributed by atoms with Crippen molar-refractivity contribution in [3.05, 3.63) is 40.1 Å². The normalized spacial score (nSPS) is 11.9. The molecule has 1 aromatic heterocycles. The second-order valence-corrected chi connectivity index (χ2v) is 6.02. The maximum atomic E-state index is 14.6. The van der Waals surface area contributed by atoms with Gasteiger partial charge in [0.2, 0.25) is 0 Å². The van der Waals surface area contributed by atoms with Crippen LogP contribution < -0.4 is 5.73 Å². The zero-order valence-electron chi connectivity index (χ0n) is 15.4. The van der Waals surface area contributed by atoms with Gasteiger partial charge in [0.1, 0.15) is 17.3 Å². The Labute approximate surface area is 158 Å². The molecule has 0 aliphatic carbocycles. The van der Waals surface area contributed by atoms with E-state index in [9.17, 15) is 27.6 Å². The van der Waals surface area contributed by atoms with E-state index in [-0.39, 0.29) is 30.7 Å². The van der Waals surface area contributed by atoms with Crippen LogP contribution in [0.1, 0.15) is 37.6 Å². The van der Waals surface area contributed by atoms with Gasteiger partial charge in [0.05, 0.1) is 18.2 Å². The van der Waals surface area contributed by atoms with Crippen molar-refractivity contribution in [3.63, 3.8) is 0 Å². The van der Waals surface area contributed by atoms with Gasteiger partial charge < -0.3 is 10.5 Å². The van der Waals surface area contributed by atoms with E-state index in [0.29, 0.717) is 4.68 Å². The number of nitrogens with zero attached hydrogens (tertiary/aromatic N) is 3. The fourth-order valence-corrected chi connectivity index (χ4v) is 2.79. The minimum Gasteiger partial charge on any atom is -0.466 e. The standard InChI is InChI=1S/C18H18F4N4O2/c1-4-9-12(19)14(21)16(15(22)13(9)20)26-11(10(7-23)17(24)25-26)6-8(3)18(27)28-5-2/h8H,4-6H2,1-3H3,(H2,24,25). The molecule has 0 aliphatic rings. The van der Waals surface area contributed by atoms with Gasteiger partial charge in [-0.25, -0.2) is 22.2 Å². The van der Waals surface area contributed by atoms with Crippen LogP contribution >= 0.6 is 0 Å². The maximum absolute atomic E-state index is 14.6. The Bertz CT molecular complexity index is 937. The van der Waals surface area contributed by atoms with Crippen LogP contribution in [0.3, 0.4) is 0 Å². The summed E-state index contributed by atoms with van der Waals surface area (Å²) in [5.74, 6) is -8.33. The molecule has 6 nitrogen and oxygen atoms in total. The molecule has 2 N–H and O–H groups in total. The highest BCUT2D eigenvalue weighted by Gasteiger charge is 2.30. The Morgan fingerprint density at radius 2 is 1.79 bits per heavy atom. The van der Waals surface area contributed by atoms with Gasteiger partial charge in [-0.05, 0) is 13.3 Å².